The normalized spacial score (nSPS) is 12.0. The molecule has 1 amide bonds. The molecule has 2 aromatic rings. The van der Waals surface area contributed by atoms with Crippen LogP contribution in [0.1, 0.15) is 21.5 Å². The van der Waals surface area contributed by atoms with Crippen LogP contribution in [-0.2, 0) is 22.5 Å². The highest BCUT2D eigenvalue weighted by Crippen LogP contribution is 2.32. The van der Waals surface area contributed by atoms with Crippen LogP contribution in [0.3, 0.4) is 0 Å². The van der Waals surface area contributed by atoms with Crippen molar-refractivity contribution in [2.45, 2.75) is 13.0 Å². The number of ether oxygens (including phenoxy) is 3. The maximum atomic E-state index is 12.8. The minimum absolute atomic E-state index is 0.104. The first kappa shape index (κ1) is 18.7. The third kappa shape index (κ3) is 4.77. The van der Waals surface area contributed by atoms with E-state index in [1.54, 1.807) is 24.1 Å². The van der Waals surface area contributed by atoms with Crippen molar-refractivity contribution in [3.8, 4) is 11.5 Å². The molecule has 0 saturated heterocycles. The molecule has 27 heavy (non-hydrogen) atoms. The van der Waals surface area contributed by atoms with Crippen molar-refractivity contribution >= 4 is 11.9 Å². The Balaban J connectivity index is 1.72. The van der Waals surface area contributed by atoms with E-state index in [1.807, 2.05) is 18.2 Å². The van der Waals surface area contributed by atoms with Crippen LogP contribution in [0.25, 0.3) is 0 Å². The SMILES string of the molecule is COCCN(Cc1ccc2c(c1)OCO2)C(=O)Cc1cccc(C(=O)O)c1. The molecule has 0 radical (unpaired) electrons. The van der Waals surface area contributed by atoms with Crippen LogP contribution in [-0.4, -0.2) is 48.9 Å². The van der Waals surface area contributed by atoms with Gasteiger partial charge in [-0.05, 0) is 35.4 Å². The van der Waals surface area contributed by atoms with E-state index in [1.165, 1.54) is 12.1 Å². The lowest BCUT2D eigenvalue weighted by atomic mass is 10.1. The quantitative estimate of drug-likeness (QED) is 0.767. The summed E-state index contributed by atoms with van der Waals surface area (Å²) >= 11 is 0. The first-order chi connectivity index (χ1) is 13.1. The number of carbonyl (C=O) groups excluding carboxylic acids is 1. The van der Waals surface area contributed by atoms with E-state index < -0.39 is 5.97 Å². The first-order valence-corrected chi connectivity index (χ1v) is 8.54. The van der Waals surface area contributed by atoms with E-state index in [4.69, 9.17) is 19.3 Å². The van der Waals surface area contributed by atoms with Crippen LogP contribution in [0, 0.1) is 0 Å². The third-order valence-electron chi connectivity index (χ3n) is 4.26. The number of benzene rings is 2. The van der Waals surface area contributed by atoms with Gasteiger partial charge in [-0.2, -0.15) is 0 Å². The molecule has 0 atom stereocenters. The topological polar surface area (TPSA) is 85.3 Å². The van der Waals surface area contributed by atoms with Crippen molar-refractivity contribution in [3.05, 3.63) is 59.2 Å². The lowest BCUT2D eigenvalue weighted by Crippen LogP contribution is -2.34. The monoisotopic (exact) mass is 371 g/mol. The largest absolute Gasteiger partial charge is 0.478 e. The summed E-state index contributed by atoms with van der Waals surface area (Å²) in [5.74, 6) is 0.243. The second kappa shape index (κ2) is 8.55. The zero-order chi connectivity index (χ0) is 19.2. The number of carbonyl (C=O) groups is 2. The molecule has 0 fully saturated rings. The number of carboxylic acids is 1. The number of amides is 1. The summed E-state index contributed by atoms with van der Waals surface area (Å²) in [6, 6.07) is 12.0. The van der Waals surface area contributed by atoms with Gasteiger partial charge in [0.05, 0.1) is 18.6 Å². The Kier molecular flexibility index (Phi) is 5.93. The number of hydrogen-bond donors (Lipinski definition) is 1. The van der Waals surface area contributed by atoms with Crippen molar-refractivity contribution in [2.75, 3.05) is 27.1 Å². The molecule has 1 aliphatic heterocycles. The smallest absolute Gasteiger partial charge is 0.335 e. The molecule has 7 heteroatoms. The second-order valence-electron chi connectivity index (χ2n) is 6.18. The number of aromatic carboxylic acids is 1. The van der Waals surface area contributed by atoms with Crippen LogP contribution in [0.15, 0.2) is 42.5 Å². The van der Waals surface area contributed by atoms with Crippen LogP contribution in [0.2, 0.25) is 0 Å². The van der Waals surface area contributed by atoms with Gasteiger partial charge in [0, 0.05) is 20.2 Å². The number of carboxylic acid groups (broad SMARTS) is 1. The van der Waals surface area contributed by atoms with Crippen molar-refractivity contribution in [1.29, 1.82) is 0 Å². The zero-order valence-corrected chi connectivity index (χ0v) is 15.0. The highest BCUT2D eigenvalue weighted by molar-refractivity contribution is 5.88. The Bertz CT molecular complexity index is 835. The predicted molar refractivity (Wildman–Crippen MR) is 97.0 cm³/mol. The number of nitrogens with zero attached hydrogens (tertiary/aromatic N) is 1. The van der Waals surface area contributed by atoms with Gasteiger partial charge in [-0.3, -0.25) is 4.79 Å². The van der Waals surface area contributed by atoms with Crippen LogP contribution < -0.4 is 9.47 Å². The Hall–Kier alpha value is -3.06. The van der Waals surface area contributed by atoms with Gasteiger partial charge in [0.25, 0.3) is 0 Å². The lowest BCUT2D eigenvalue weighted by Gasteiger charge is -2.23. The number of hydrogen-bond acceptors (Lipinski definition) is 5. The Morgan fingerprint density at radius 3 is 2.70 bits per heavy atom. The molecular weight excluding hydrogens is 350 g/mol. The zero-order valence-electron chi connectivity index (χ0n) is 15.0. The van der Waals surface area contributed by atoms with Crippen molar-refractivity contribution in [2.24, 2.45) is 0 Å². The van der Waals surface area contributed by atoms with E-state index in [-0.39, 0.29) is 24.7 Å². The van der Waals surface area contributed by atoms with Gasteiger partial charge in [0.1, 0.15) is 0 Å². The molecule has 0 bridgehead atoms. The molecule has 3 rings (SSSR count). The minimum Gasteiger partial charge on any atom is -0.478 e. The molecule has 0 aromatic heterocycles. The summed E-state index contributed by atoms with van der Waals surface area (Å²) in [4.78, 5) is 25.6. The second-order valence-corrected chi connectivity index (χ2v) is 6.18. The average Bonchev–Trinajstić information content (AvgIpc) is 3.13. The van der Waals surface area contributed by atoms with Gasteiger partial charge in [-0.1, -0.05) is 18.2 Å². The van der Waals surface area contributed by atoms with Gasteiger partial charge < -0.3 is 24.2 Å². The Morgan fingerprint density at radius 2 is 1.93 bits per heavy atom. The fourth-order valence-electron chi connectivity index (χ4n) is 2.85. The lowest BCUT2D eigenvalue weighted by molar-refractivity contribution is -0.131. The van der Waals surface area contributed by atoms with Crippen LogP contribution >= 0.6 is 0 Å². The van der Waals surface area contributed by atoms with E-state index >= 15 is 0 Å². The average molecular weight is 371 g/mol. The molecular formula is C20H21NO6. The molecule has 1 N–H and O–H groups in total. The molecule has 0 spiro atoms. The van der Waals surface area contributed by atoms with Gasteiger partial charge in [0.2, 0.25) is 12.7 Å². The van der Waals surface area contributed by atoms with Gasteiger partial charge in [-0.25, -0.2) is 4.79 Å². The summed E-state index contributed by atoms with van der Waals surface area (Å²) in [5, 5.41) is 9.11. The molecule has 2 aromatic carbocycles. The fourth-order valence-corrected chi connectivity index (χ4v) is 2.85. The van der Waals surface area contributed by atoms with Gasteiger partial charge >= 0.3 is 5.97 Å². The summed E-state index contributed by atoms with van der Waals surface area (Å²) in [5.41, 5.74) is 1.75. The van der Waals surface area contributed by atoms with Crippen LogP contribution in [0.4, 0.5) is 0 Å². The number of methoxy groups -OCH3 is 1. The molecule has 1 heterocycles. The third-order valence-corrected chi connectivity index (χ3v) is 4.26. The van der Waals surface area contributed by atoms with Gasteiger partial charge in [0.15, 0.2) is 11.5 Å². The molecule has 0 saturated carbocycles. The van der Waals surface area contributed by atoms with E-state index in [0.717, 1.165) is 5.56 Å². The number of rotatable bonds is 8. The minimum atomic E-state index is -1.01. The van der Waals surface area contributed by atoms with Crippen molar-refractivity contribution in [3.63, 3.8) is 0 Å². The van der Waals surface area contributed by atoms with E-state index in [2.05, 4.69) is 0 Å². The molecule has 0 aliphatic carbocycles. The first-order valence-electron chi connectivity index (χ1n) is 8.54. The maximum absolute atomic E-state index is 12.8. The molecule has 1 aliphatic rings. The van der Waals surface area contributed by atoms with Crippen molar-refractivity contribution in [1.82, 2.24) is 4.90 Å². The fraction of sp³-hybridized carbons (Fsp3) is 0.300. The van der Waals surface area contributed by atoms with Gasteiger partial charge in [-0.15, -0.1) is 0 Å². The summed E-state index contributed by atoms with van der Waals surface area (Å²) in [7, 11) is 1.58. The molecule has 7 nitrogen and oxygen atoms in total. The summed E-state index contributed by atoms with van der Waals surface area (Å²) in [6.07, 6.45) is 0.120. The maximum Gasteiger partial charge on any atom is 0.335 e. The van der Waals surface area contributed by atoms with Crippen molar-refractivity contribution < 1.29 is 28.9 Å². The standard InChI is InChI=1S/C20H21NO6/c1-25-8-7-21(12-15-5-6-17-18(10-15)27-13-26-17)19(22)11-14-3-2-4-16(9-14)20(23)24/h2-6,9-10H,7-8,11-13H2,1H3,(H,23,24). The van der Waals surface area contributed by atoms with E-state index in [0.29, 0.717) is 36.8 Å². The summed E-state index contributed by atoms with van der Waals surface area (Å²) in [6.45, 7) is 1.44. The molecule has 142 valence electrons. The predicted octanol–water partition coefficient (Wildman–Crippen LogP) is 2.33. The number of fused-ring (bicyclic) bond motifs is 1. The van der Waals surface area contributed by atoms with E-state index in [9.17, 15) is 9.59 Å². The van der Waals surface area contributed by atoms with Crippen LogP contribution in [0.5, 0.6) is 11.5 Å². The Morgan fingerprint density at radius 1 is 1.11 bits per heavy atom. The summed E-state index contributed by atoms with van der Waals surface area (Å²) < 4.78 is 15.8. The molecule has 0 unspecified atom stereocenters. The highest BCUT2D eigenvalue weighted by Gasteiger charge is 2.18. The highest BCUT2D eigenvalue weighted by atomic mass is 16.7. The Labute approximate surface area is 157 Å².